The van der Waals surface area contributed by atoms with E-state index in [4.69, 9.17) is 32.7 Å². The van der Waals surface area contributed by atoms with E-state index in [9.17, 15) is 22.8 Å². The number of benzene rings is 2. The Balaban J connectivity index is 2.07. The van der Waals surface area contributed by atoms with Gasteiger partial charge in [-0.15, -0.1) is 0 Å². The number of halogens is 5. The zero-order chi connectivity index (χ0) is 24.9. The summed E-state index contributed by atoms with van der Waals surface area (Å²) in [4.78, 5) is 26.4. The van der Waals surface area contributed by atoms with E-state index in [1.165, 1.54) is 6.07 Å². The second kappa shape index (κ2) is 8.60. The Hall–Kier alpha value is -2.09. The molecule has 0 aromatic heterocycles. The van der Waals surface area contributed by atoms with Crippen LogP contribution in [0.25, 0.3) is 0 Å². The van der Waals surface area contributed by atoms with Crippen molar-refractivity contribution in [2.75, 3.05) is 0 Å². The summed E-state index contributed by atoms with van der Waals surface area (Å²) in [6.07, 6.45) is -4.08. The van der Waals surface area contributed by atoms with Crippen molar-refractivity contribution >= 4 is 34.8 Å². The Kier molecular flexibility index (Phi) is 6.65. The van der Waals surface area contributed by atoms with Crippen LogP contribution in [0.1, 0.15) is 57.2 Å². The number of hydrogen-bond acceptors (Lipinski definition) is 4. The maximum atomic E-state index is 13.2. The lowest BCUT2D eigenvalue weighted by Gasteiger charge is -2.43. The summed E-state index contributed by atoms with van der Waals surface area (Å²) in [5.74, 6) is -1.84. The molecule has 178 valence electrons. The highest BCUT2D eigenvalue weighted by molar-refractivity contribution is 6.37. The lowest BCUT2D eigenvalue weighted by atomic mass is 9.73. The molecule has 3 rings (SSSR count). The fourth-order valence-corrected chi connectivity index (χ4v) is 4.57. The molecule has 0 aliphatic carbocycles. The van der Waals surface area contributed by atoms with Crippen molar-refractivity contribution in [1.29, 1.82) is 0 Å². The normalized spacial score (nSPS) is 18.5. The number of carbonyl (C=O) groups excluding carboxylic acids is 2. The Morgan fingerprint density at radius 1 is 0.970 bits per heavy atom. The first-order chi connectivity index (χ1) is 15.1. The summed E-state index contributed by atoms with van der Waals surface area (Å²) in [7, 11) is 0. The molecular weight excluding hydrogens is 480 g/mol. The molecule has 0 atom stereocenters. The topological polar surface area (TPSA) is 52.6 Å². The zero-order valence-corrected chi connectivity index (χ0v) is 20.2. The lowest BCUT2D eigenvalue weighted by molar-refractivity contribution is -0.184. The van der Waals surface area contributed by atoms with Crippen LogP contribution in [-0.4, -0.2) is 22.8 Å². The average molecular weight is 503 g/mol. The highest BCUT2D eigenvalue weighted by Crippen LogP contribution is 2.44. The van der Waals surface area contributed by atoms with Crippen LogP contribution < -0.4 is 4.74 Å². The minimum Gasteiger partial charge on any atom is -0.454 e. The first-order valence-corrected chi connectivity index (χ1v) is 11.0. The number of Topliss-reactive ketones (excluding diaryl/α,β-unsaturated/α-hetero) is 2. The molecule has 9 heteroatoms. The van der Waals surface area contributed by atoms with Crippen LogP contribution in [0.5, 0.6) is 11.5 Å². The van der Waals surface area contributed by atoms with E-state index in [1.807, 2.05) is 6.92 Å². The van der Waals surface area contributed by atoms with Crippen molar-refractivity contribution in [3.05, 3.63) is 57.1 Å². The smallest absolute Gasteiger partial charge is 0.416 e. The number of alkyl halides is 3. The van der Waals surface area contributed by atoms with Crippen LogP contribution in [0, 0.1) is 0 Å². The molecule has 1 saturated heterocycles. The molecule has 0 N–H and O–H groups in total. The standard InChI is InChI=1S/C24H23Cl2F3O4/c1-6-12-7-8-14(32-19-16(25)9-13(10-17(19)26)24(27,28)29)11-15(12)18-20(30)22(2,3)33-23(4,5)21(18)31/h7-11,18H,6H2,1-5H3. The van der Waals surface area contributed by atoms with Gasteiger partial charge in [-0.3, -0.25) is 9.59 Å². The zero-order valence-electron chi connectivity index (χ0n) is 18.7. The summed E-state index contributed by atoms with van der Waals surface area (Å²) < 4.78 is 50.5. The van der Waals surface area contributed by atoms with Crippen LogP contribution in [0.2, 0.25) is 10.0 Å². The van der Waals surface area contributed by atoms with Crippen molar-refractivity contribution in [2.24, 2.45) is 0 Å². The highest BCUT2D eigenvalue weighted by atomic mass is 35.5. The van der Waals surface area contributed by atoms with Gasteiger partial charge in [-0.1, -0.05) is 36.2 Å². The van der Waals surface area contributed by atoms with Gasteiger partial charge < -0.3 is 9.47 Å². The van der Waals surface area contributed by atoms with Crippen LogP contribution in [0.4, 0.5) is 13.2 Å². The van der Waals surface area contributed by atoms with Gasteiger partial charge in [-0.2, -0.15) is 13.2 Å². The third kappa shape index (κ3) is 4.91. The predicted octanol–water partition coefficient (Wildman–Crippen LogP) is 7.18. The molecule has 0 radical (unpaired) electrons. The summed E-state index contributed by atoms with van der Waals surface area (Å²) in [6.45, 7) is 8.34. The van der Waals surface area contributed by atoms with Gasteiger partial charge in [0.15, 0.2) is 17.3 Å². The fourth-order valence-electron chi connectivity index (χ4n) is 4.00. The van der Waals surface area contributed by atoms with Crippen molar-refractivity contribution in [1.82, 2.24) is 0 Å². The molecule has 2 aromatic rings. The maximum absolute atomic E-state index is 13.2. The third-order valence-electron chi connectivity index (χ3n) is 5.58. The van der Waals surface area contributed by atoms with Crippen LogP contribution in [-0.2, 0) is 26.9 Å². The second-order valence-corrected chi connectivity index (χ2v) is 9.68. The molecule has 0 saturated carbocycles. The highest BCUT2D eigenvalue weighted by Gasteiger charge is 2.53. The predicted molar refractivity (Wildman–Crippen MR) is 119 cm³/mol. The molecule has 0 bridgehead atoms. The fraction of sp³-hybridized carbons (Fsp3) is 0.417. The minimum absolute atomic E-state index is 0.160. The largest absolute Gasteiger partial charge is 0.454 e. The molecule has 1 aliphatic heterocycles. The number of carbonyl (C=O) groups is 2. The third-order valence-corrected chi connectivity index (χ3v) is 6.14. The quantitative estimate of drug-likeness (QED) is 0.415. The van der Waals surface area contributed by atoms with Crippen LogP contribution in [0.15, 0.2) is 30.3 Å². The van der Waals surface area contributed by atoms with Gasteiger partial charge in [0.2, 0.25) is 0 Å². The molecule has 33 heavy (non-hydrogen) atoms. The van der Waals surface area contributed by atoms with E-state index in [1.54, 1.807) is 39.8 Å². The SMILES string of the molecule is CCc1ccc(Oc2c(Cl)cc(C(F)(F)F)cc2Cl)cc1C1C(=O)C(C)(C)OC(C)(C)C1=O. The molecule has 1 heterocycles. The van der Waals surface area contributed by atoms with Gasteiger partial charge in [-0.25, -0.2) is 0 Å². The van der Waals surface area contributed by atoms with Gasteiger partial charge in [0.05, 0.1) is 15.6 Å². The van der Waals surface area contributed by atoms with Gasteiger partial charge in [0.25, 0.3) is 0 Å². The van der Waals surface area contributed by atoms with Crippen molar-refractivity contribution in [2.45, 2.75) is 64.3 Å². The summed E-state index contributed by atoms with van der Waals surface area (Å²) in [6, 6.07) is 6.26. The van der Waals surface area contributed by atoms with Gasteiger partial charge in [0, 0.05) is 0 Å². The molecule has 1 aliphatic rings. The van der Waals surface area contributed by atoms with E-state index in [2.05, 4.69) is 0 Å². The monoisotopic (exact) mass is 502 g/mol. The second-order valence-electron chi connectivity index (χ2n) is 8.87. The molecule has 0 unspecified atom stereocenters. The van der Waals surface area contributed by atoms with Gasteiger partial charge in [0.1, 0.15) is 22.9 Å². The Labute approximate surface area is 200 Å². The van der Waals surface area contributed by atoms with Crippen molar-refractivity contribution in [3.8, 4) is 11.5 Å². The van der Waals surface area contributed by atoms with E-state index in [0.29, 0.717) is 12.0 Å². The first-order valence-electron chi connectivity index (χ1n) is 10.2. The Bertz CT molecular complexity index is 1070. The Morgan fingerprint density at radius 3 is 1.94 bits per heavy atom. The lowest BCUT2D eigenvalue weighted by Crippen LogP contribution is -2.58. The molecule has 2 aromatic carbocycles. The number of ether oxygens (including phenoxy) is 2. The van der Waals surface area contributed by atoms with Crippen molar-refractivity contribution in [3.63, 3.8) is 0 Å². The minimum atomic E-state index is -4.62. The molecule has 0 spiro atoms. The summed E-state index contributed by atoms with van der Waals surface area (Å²) in [5.41, 5.74) is -2.18. The number of rotatable bonds is 4. The van der Waals surface area contributed by atoms with E-state index in [-0.39, 0.29) is 33.1 Å². The van der Waals surface area contributed by atoms with Gasteiger partial charge >= 0.3 is 6.18 Å². The van der Waals surface area contributed by atoms with Crippen LogP contribution in [0.3, 0.4) is 0 Å². The number of aryl methyl sites for hydroxylation is 1. The van der Waals surface area contributed by atoms with Gasteiger partial charge in [-0.05, 0) is 69.5 Å². The van der Waals surface area contributed by atoms with E-state index >= 15 is 0 Å². The average Bonchev–Trinajstić information content (AvgIpc) is 2.68. The molecular formula is C24H23Cl2F3O4. The van der Waals surface area contributed by atoms with E-state index < -0.39 is 28.9 Å². The van der Waals surface area contributed by atoms with Crippen LogP contribution >= 0.6 is 23.2 Å². The number of ketones is 2. The van der Waals surface area contributed by atoms with E-state index in [0.717, 1.165) is 17.7 Å². The Morgan fingerprint density at radius 2 is 1.48 bits per heavy atom. The first kappa shape index (κ1) is 25.5. The number of hydrogen-bond donors (Lipinski definition) is 0. The molecule has 0 amide bonds. The maximum Gasteiger partial charge on any atom is 0.416 e. The molecule has 4 nitrogen and oxygen atoms in total. The molecule has 1 fully saturated rings. The summed E-state index contributed by atoms with van der Waals surface area (Å²) >= 11 is 12.0. The van der Waals surface area contributed by atoms with Crippen molar-refractivity contribution < 1.29 is 32.2 Å². The summed E-state index contributed by atoms with van der Waals surface area (Å²) in [5, 5.41) is -0.646.